The van der Waals surface area contributed by atoms with Gasteiger partial charge in [-0.05, 0) is 51.6 Å². The lowest BCUT2D eigenvalue weighted by molar-refractivity contribution is -0.114. The molecule has 0 saturated heterocycles. The SMILES string of the molecule is CCC(O)(c1cn(C(c2ccccc2)(c2ccccc2)c2ccccc2)cn1)c1cccc2ccc(NC(C)=O)cc12. The van der Waals surface area contributed by atoms with Gasteiger partial charge < -0.3 is 15.0 Å². The monoisotopic (exact) mass is 551 g/mol. The molecule has 5 heteroatoms. The van der Waals surface area contributed by atoms with Gasteiger partial charge in [0.05, 0.1) is 12.0 Å². The molecule has 0 radical (unpaired) electrons. The Morgan fingerprint density at radius 1 is 0.786 bits per heavy atom. The highest BCUT2D eigenvalue weighted by molar-refractivity contribution is 5.94. The fraction of sp³-hybridized carbons (Fsp3) is 0.135. The van der Waals surface area contributed by atoms with E-state index in [1.54, 1.807) is 0 Å². The second-order valence-electron chi connectivity index (χ2n) is 10.6. The van der Waals surface area contributed by atoms with Gasteiger partial charge in [0.25, 0.3) is 0 Å². The molecule has 1 atom stereocenters. The van der Waals surface area contributed by atoms with Gasteiger partial charge in [-0.25, -0.2) is 4.98 Å². The van der Waals surface area contributed by atoms with E-state index in [-0.39, 0.29) is 5.91 Å². The van der Waals surface area contributed by atoms with E-state index in [1.807, 2.05) is 74.0 Å². The molecule has 0 aliphatic heterocycles. The molecule has 6 aromatic rings. The van der Waals surface area contributed by atoms with E-state index in [9.17, 15) is 9.90 Å². The molecule has 1 amide bonds. The maximum atomic E-state index is 12.5. The van der Waals surface area contributed by atoms with Crippen LogP contribution in [0.15, 0.2) is 140 Å². The molecule has 0 saturated carbocycles. The number of aromatic nitrogens is 2. The minimum absolute atomic E-state index is 0.143. The van der Waals surface area contributed by atoms with Gasteiger partial charge in [0, 0.05) is 18.8 Å². The average Bonchev–Trinajstić information content (AvgIpc) is 3.53. The highest BCUT2D eigenvalue weighted by Gasteiger charge is 2.41. The Morgan fingerprint density at radius 2 is 1.36 bits per heavy atom. The number of hydrogen-bond acceptors (Lipinski definition) is 3. The zero-order chi connectivity index (χ0) is 29.2. The third kappa shape index (κ3) is 4.58. The summed E-state index contributed by atoms with van der Waals surface area (Å²) in [6.45, 7) is 3.46. The number of amides is 1. The number of anilines is 1. The van der Waals surface area contributed by atoms with E-state index in [0.717, 1.165) is 33.0 Å². The lowest BCUT2D eigenvalue weighted by Gasteiger charge is -2.37. The number of rotatable bonds is 8. The minimum atomic E-state index is -1.38. The molecule has 0 bridgehead atoms. The highest BCUT2D eigenvalue weighted by Crippen LogP contribution is 2.43. The van der Waals surface area contributed by atoms with Crippen molar-refractivity contribution in [2.24, 2.45) is 0 Å². The van der Waals surface area contributed by atoms with Crippen LogP contribution in [0.2, 0.25) is 0 Å². The van der Waals surface area contributed by atoms with Crippen molar-refractivity contribution in [3.05, 3.63) is 168 Å². The molecule has 1 heterocycles. The number of carbonyl (C=O) groups excluding carboxylic acids is 1. The Bertz CT molecular complexity index is 1730. The first-order valence-corrected chi connectivity index (χ1v) is 14.2. The van der Waals surface area contributed by atoms with Crippen LogP contribution in [0.5, 0.6) is 0 Å². The number of aliphatic hydroxyl groups is 1. The molecule has 42 heavy (non-hydrogen) atoms. The fourth-order valence-electron chi connectivity index (χ4n) is 6.13. The normalized spacial score (nSPS) is 13.0. The maximum Gasteiger partial charge on any atom is 0.221 e. The molecule has 208 valence electrons. The van der Waals surface area contributed by atoms with E-state index in [2.05, 4.69) is 82.7 Å². The first-order valence-electron chi connectivity index (χ1n) is 14.2. The third-order valence-corrected chi connectivity index (χ3v) is 8.13. The van der Waals surface area contributed by atoms with Crippen LogP contribution in [-0.4, -0.2) is 20.6 Å². The first kappa shape index (κ1) is 27.2. The molecular formula is C37H33N3O2. The second kappa shape index (κ2) is 11.1. The zero-order valence-electron chi connectivity index (χ0n) is 23.7. The van der Waals surface area contributed by atoms with E-state index in [4.69, 9.17) is 4.98 Å². The number of nitrogens with zero attached hydrogens (tertiary/aromatic N) is 2. The summed E-state index contributed by atoms with van der Waals surface area (Å²) in [7, 11) is 0. The molecule has 0 fully saturated rings. The minimum Gasteiger partial charge on any atom is -0.379 e. The first-order chi connectivity index (χ1) is 20.5. The molecule has 6 rings (SSSR count). The van der Waals surface area contributed by atoms with Crippen molar-refractivity contribution in [3.63, 3.8) is 0 Å². The van der Waals surface area contributed by atoms with Gasteiger partial charge in [-0.15, -0.1) is 0 Å². The molecular weight excluding hydrogens is 518 g/mol. The largest absolute Gasteiger partial charge is 0.379 e. The Balaban J connectivity index is 1.58. The van der Waals surface area contributed by atoms with Crippen molar-refractivity contribution in [2.75, 3.05) is 5.32 Å². The quantitative estimate of drug-likeness (QED) is 0.193. The molecule has 0 spiro atoms. The summed E-state index contributed by atoms with van der Waals surface area (Å²) >= 11 is 0. The Labute approximate surface area is 246 Å². The van der Waals surface area contributed by atoms with Gasteiger partial charge in [0.2, 0.25) is 5.91 Å². The molecule has 5 nitrogen and oxygen atoms in total. The van der Waals surface area contributed by atoms with Crippen LogP contribution in [0.25, 0.3) is 10.8 Å². The van der Waals surface area contributed by atoms with Crippen LogP contribution in [-0.2, 0) is 15.9 Å². The van der Waals surface area contributed by atoms with Crippen molar-refractivity contribution in [1.29, 1.82) is 0 Å². The van der Waals surface area contributed by atoms with Crippen molar-refractivity contribution in [2.45, 2.75) is 31.4 Å². The van der Waals surface area contributed by atoms with Crippen LogP contribution in [0.1, 0.15) is 48.2 Å². The predicted molar refractivity (Wildman–Crippen MR) is 168 cm³/mol. The summed E-state index contributed by atoms with van der Waals surface area (Å²) in [6.07, 6.45) is 4.21. The summed E-state index contributed by atoms with van der Waals surface area (Å²) in [5.41, 5.74) is 3.10. The van der Waals surface area contributed by atoms with Gasteiger partial charge in [-0.3, -0.25) is 4.79 Å². The number of hydrogen-bond donors (Lipinski definition) is 2. The van der Waals surface area contributed by atoms with Gasteiger partial charge >= 0.3 is 0 Å². The number of imidazole rings is 1. The van der Waals surface area contributed by atoms with Crippen LogP contribution >= 0.6 is 0 Å². The van der Waals surface area contributed by atoms with E-state index >= 15 is 0 Å². The molecule has 1 unspecified atom stereocenters. The third-order valence-electron chi connectivity index (χ3n) is 8.13. The number of benzene rings is 5. The van der Waals surface area contributed by atoms with Crippen LogP contribution in [0.4, 0.5) is 5.69 Å². The van der Waals surface area contributed by atoms with Crippen molar-refractivity contribution < 1.29 is 9.90 Å². The van der Waals surface area contributed by atoms with E-state index < -0.39 is 11.1 Å². The fourth-order valence-corrected chi connectivity index (χ4v) is 6.13. The van der Waals surface area contributed by atoms with Gasteiger partial charge in [-0.1, -0.05) is 122 Å². The number of nitrogens with one attached hydrogen (secondary N) is 1. The molecule has 2 N–H and O–H groups in total. The standard InChI is InChI=1S/C37H33N3O2/c1-3-36(42,34-21-13-14-28-22-23-32(24-33(28)34)39-27(2)41)35-25-40(26-38-35)37(29-15-7-4-8-16-29,30-17-9-5-10-18-30)31-19-11-6-12-20-31/h4-26,42H,3H2,1-2H3,(H,39,41). The average molecular weight is 552 g/mol. The predicted octanol–water partition coefficient (Wildman–Crippen LogP) is 7.48. The van der Waals surface area contributed by atoms with Crippen LogP contribution < -0.4 is 5.32 Å². The van der Waals surface area contributed by atoms with Gasteiger partial charge in [-0.2, -0.15) is 0 Å². The van der Waals surface area contributed by atoms with Crippen molar-refractivity contribution in [1.82, 2.24) is 9.55 Å². The molecule has 0 aliphatic carbocycles. The Hall–Kier alpha value is -5.00. The maximum absolute atomic E-state index is 12.5. The van der Waals surface area contributed by atoms with Crippen LogP contribution in [0.3, 0.4) is 0 Å². The summed E-state index contributed by atoms with van der Waals surface area (Å²) in [5, 5.41) is 17.2. The van der Waals surface area contributed by atoms with Crippen molar-refractivity contribution in [3.8, 4) is 0 Å². The summed E-state index contributed by atoms with van der Waals surface area (Å²) < 4.78 is 2.12. The number of fused-ring (bicyclic) bond motifs is 1. The Kier molecular flexibility index (Phi) is 7.19. The molecule has 1 aromatic heterocycles. The number of carbonyl (C=O) groups is 1. The second-order valence-corrected chi connectivity index (χ2v) is 10.6. The smallest absolute Gasteiger partial charge is 0.221 e. The molecule has 5 aromatic carbocycles. The lowest BCUT2D eigenvalue weighted by atomic mass is 9.76. The van der Waals surface area contributed by atoms with Gasteiger partial charge in [0.15, 0.2) is 0 Å². The highest BCUT2D eigenvalue weighted by atomic mass is 16.3. The van der Waals surface area contributed by atoms with E-state index in [1.165, 1.54) is 6.92 Å². The summed E-state index contributed by atoms with van der Waals surface area (Å²) in [6, 6.07) is 42.9. The van der Waals surface area contributed by atoms with Crippen LogP contribution in [0, 0.1) is 0 Å². The summed E-state index contributed by atoms with van der Waals surface area (Å²) in [4.78, 5) is 16.7. The topological polar surface area (TPSA) is 67.2 Å². The Morgan fingerprint density at radius 3 is 1.88 bits per heavy atom. The zero-order valence-corrected chi connectivity index (χ0v) is 23.7. The van der Waals surface area contributed by atoms with E-state index in [0.29, 0.717) is 17.8 Å². The molecule has 0 aliphatic rings. The van der Waals surface area contributed by atoms with Crippen molar-refractivity contribution >= 4 is 22.4 Å². The van der Waals surface area contributed by atoms with Gasteiger partial charge in [0.1, 0.15) is 11.1 Å². The lowest BCUT2D eigenvalue weighted by Crippen LogP contribution is -2.37. The summed E-state index contributed by atoms with van der Waals surface area (Å²) in [5.74, 6) is -0.143.